The Bertz CT molecular complexity index is 203. The molecular formula is C13H25NO2. The first-order valence-corrected chi connectivity index (χ1v) is 5.99. The summed E-state index contributed by atoms with van der Waals surface area (Å²) in [5, 5.41) is 0. The Balaban J connectivity index is 0.000000487. The second-order valence-electron chi connectivity index (χ2n) is 4.66. The molecule has 0 unspecified atom stereocenters. The van der Waals surface area contributed by atoms with Gasteiger partial charge in [-0.1, -0.05) is 26.8 Å². The van der Waals surface area contributed by atoms with Crippen molar-refractivity contribution in [3.05, 3.63) is 12.2 Å². The third-order valence-electron chi connectivity index (χ3n) is 1.82. The molecule has 0 radical (unpaired) electrons. The molecule has 0 saturated carbocycles. The van der Waals surface area contributed by atoms with Crippen LogP contribution in [0.1, 0.15) is 27.7 Å². The normalized spacial score (nSPS) is 17.3. The van der Waals surface area contributed by atoms with Crippen LogP contribution in [-0.2, 0) is 9.53 Å². The predicted octanol–water partition coefficient (Wildman–Crippen LogP) is 2.13. The molecule has 1 rings (SSSR count). The molecule has 0 atom stereocenters. The van der Waals surface area contributed by atoms with Gasteiger partial charge in [-0.3, -0.25) is 9.69 Å². The van der Waals surface area contributed by atoms with E-state index in [0.29, 0.717) is 0 Å². The topological polar surface area (TPSA) is 29.5 Å². The van der Waals surface area contributed by atoms with Gasteiger partial charge in [-0.25, -0.2) is 0 Å². The van der Waals surface area contributed by atoms with Crippen molar-refractivity contribution in [1.29, 1.82) is 0 Å². The van der Waals surface area contributed by atoms with E-state index in [1.807, 2.05) is 6.08 Å². The van der Waals surface area contributed by atoms with Gasteiger partial charge in [0.05, 0.1) is 13.2 Å². The lowest BCUT2D eigenvalue weighted by Crippen LogP contribution is -2.36. The number of nitrogens with zero attached hydrogens (tertiary/aromatic N) is 1. The zero-order chi connectivity index (χ0) is 12.4. The van der Waals surface area contributed by atoms with Gasteiger partial charge in [0.25, 0.3) is 0 Å². The van der Waals surface area contributed by atoms with E-state index in [1.54, 1.807) is 13.0 Å². The summed E-state index contributed by atoms with van der Waals surface area (Å²) in [7, 11) is 0. The maximum Gasteiger partial charge on any atom is 0.152 e. The molecular weight excluding hydrogens is 202 g/mol. The van der Waals surface area contributed by atoms with Crippen molar-refractivity contribution in [3.8, 4) is 0 Å². The standard InChI is InChI=1S/C9H15NO2.C4H10/c1-9(11)3-2-4-10-5-7-12-8-6-10;1-4(2)3/h2-3H,4-8H2,1H3;4H,1-3H3/b3-2+;. The van der Waals surface area contributed by atoms with Crippen molar-refractivity contribution >= 4 is 5.78 Å². The molecule has 3 heteroatoms. The zero-order valence-electron chi connectivity index (χ0n) is 11.0. The molecule has 1 aliphatic heterocycles. The average Bonchev–Trinajstić information content (AvgIpc) is 2.18. The van der Waals surface area contributed by atoms with Crippen LogP contribution < -0.4 is 0 Å². The quantitative estimate of drug-likeness (QED) is 0.692. The summed E-state index contributed by atoms with van der Waals surface area (Å²) in [6, 6.07) is 0. The van der Waals surface area contributed by atoms with Crippen LogP contribution in [0.25, 0.3) is 0 Å². The minimum Gasteiger partial charge on any atom is -0.379 e. The first-order valence-electron chi connectivity index (χ1n) is 5.99. The van der Waals surface area contributed by atoms with Gasteiger partial charge in [0, 0.05) is 19.6 Å². The lowest BCUT2D eigenvalue weighted by Gasteiger charge is -2.24. The third kappa shape index (κ3) is 11.4. The Hall–Kier alpha value is -0.670. The van der Waals surface area contributed by atoms with Crippen molar-refractivity contribution in [2.75, 3.05) is 32.8 Å². The smallest absolute Gasteiger partial charge is 0.152 e. The molecule has 0 aromatic carbocycles. The molecule has 1 saturated heterocycles. The van der Waals surface area contributed by atoms with Gasteiger partial charge in [-0.2, -0.15) is 0 Å². The predicted molar refractivity (Wildman–Crippen MR) is 67.6 cm³/mol. The number of allylic oxidation sites excluding steroid dienone is 1. The second kappa shape index (κ2) is 9.55. The number of rotatable bonds is 3. The molecule has 1 heterocycles. The molecule has 0 aliphatic carbocycles. The molecule has 0 bridgehead atoms. The summed E-state index contributed by atoms with van der Waals surface area (Å²) < 4.78 is 5.19. The Kier molecular flexibility index (Phi) is 9.15. The summed E-state index contributed by atoms with van der Waals surface area (Å²) in [6.45, 7) is 12.5. The molecule has 0 spiro atoms. The number of ether oxygens (including phenoxy) is 1. The summed E-state index contributed by atoms with van der Waals surface area (Å²) in [4.78, 5) is 12.8. The van der Waals surface area contributed by atoms with E-state index in [9.17, 15) is 4.79 Å². The molecule has 16 heavy (non-hydrogen) atoms. The van der Waals surface area contributed by atoms with Gasteiger partial charge >= 0.3 is 0 Å². The Morgan fingerprint density at radius 2 is 1.81 bits per heavy atom. The summed E-state index contributed by atoms with van der Waals surface area (Å²) in [5.41, 5.74) is 0. The minimum absolute atomic E-state index is 0.114. The van der Waals surface area contributed by atoms with Crippen LogP contribution in [0.2, 0.25) is 0 Å². The van der Waals surface area contributed by atoms with Crippen molar-refractivity contribution in [1.82, 2.24) is 4.90 Å². The van der Waals surface area contributed by atoms with Crippen LogP contribution in [0.15, 0.2) is 12.2 Å². The number of ketones is 1. The van der Waals surface area contributed by atoms with Crippen LogP contribution in [0.3, 0.4) is 0 Å². The van der Waals surface area contributed by atoms with Gasteiger partial charge in [-0.15, -0.1) is 0 Å². The van der Waals surface area contributed by atoms with E-state index in [2.05, 4.69) is 25.7 Å². The highest BCUT2D eigenvalue weighted by Gasteiger charge is 2.07. The fourth-order valence-corrected chi connectivity index (χ4v) is 1.15. The van der Waals surface area contributed by atoms with E-state index >= 15 is 0 Å². The van der Waals surface area contributed by atoms with Crippen molar-refractivity contribution in [3.63, 3.8) is 0 Å². The Labute approximate surface area is 99.5 Å². The maximum atomic E-state index is 10.6. The number of carbonyl (C=O) groups excluding carboxylic acids is 1. The van der Waals surface area contributed by atoms with Gasteiger partial charge in [0.2, 0.25) is 0 Å². The van der Waals surface area contributed by atoms with E-state index < -0.39 is 0 Å². The largest absolute Gasteiger partial charge is 0.379 e. The lowest BCUT2D eigenvalue weighted by molar-refractivity contribution is -0.112. The summed E-state index contributed by atoms with van der Waals surface area (Å²) in [5.74, 6) is 0.947. The van der Waals surface area contributed by atoms with Crippen molar-refractivity contribution < 1.29 is 9.53 Å². The maximum absolute atomic E-state index is 10.6. The molecule has 3 nitrogen and oxygen atoms in total. The van der Waals surface area contributed by atoms with E-state index in [0.717, 1.165) is 38.8 Å². The fraction of sp³-hybridized carbons (Fsp3) is 0.769. The second-order valence-corrected chi connectivity index (χ2v) is 4.66. The molecule has 0 aromatic rings. The summed E-state index contributed by atoms with van der Waals surface area (Å²) in [6.07, 6.45) is 3.53. The number of morpholine rings is 1. The first-order chi connectivity index (χ1) is 7.52. The van der Waals surface area contributed by atoms with Crippen LogP contribution in [0.4, 0.5) is 0 Å². The van der Waals surface area contributed by atoms with Crippen molar-refractivity contribution in [2.45, 2.75) is 27.7 Å². The minimum atomic E-state index is 0.114. The van der Waals surface area contributed by atoms with Crippen LogP contribution in [-0.4, -0.2) is 43.5 Å². The van der Waals surface area contributed by atoms with Crippen LogP contribution in [0.5, 0.6) is 0 Å². The van der Waals surface area contributed by atoms with Gasteiger partial charge in [0.1, 0.15) is 0 Å². The monoisotopic (exact) mass is 227 g/mol. The highest BCUT2D eigenvalue weighted by Crippen LogP contribution is 1.95. The highest BCUT2D eigenvalue weighted by atomic mass is 16.5. The molecule has 94 valence electrons. The van der Waals surface area contributed by atoms with Crippen LogP contribution >= 0.6 is 0 Å². The Morgan fingerprint density at radius 3 is 2.25 bits per heavy atom. The number of carbonyl (C=O) groups is 1. The SMILES string of the molecule is CC(=O)/C=C/CN1CCOCC1.CC(C)C. The van der Waals surface area contributed by atoms with Gasteiger partial charge < -0.3 is 4.74 Å². The molecule has 1 fully saturated rings. The van der Waals surface area contributed by atoms with E-state index in [1.165, 1.54) is 0 Å². The van der Waals surface area contributed by atoms with Gasteiger partial charge in [-0.05, 0) is 18.9 Å². The van der Waals surface area contributed by atoms with E-state index in [4.69, 9.17) is 4.74 Å². The molecule has 0 N–H and O–H groups in total. The van der Waals surface area contributed by atoms with Crippen molar-refractivity contribution in [2.24, 2.45) is 5.92 Å². The van der Waals surface area contributed by atoms with Gasteiger partial charge in [0.15, 0.2) is 5.78 Å². The van der Waals surface area contributed by atoms with E-state index in [-0.39, 0.29) is 5.78 Å². The fourth-order valence-electron chi connectivity index (χ4n) is 1.15. The summed E-state index contributed by atoms with van der Waals surface area (Å²) >= 11 is 0. The third-order valence-corrected chi connectivity index (χ3v) is 1.82. The number of hydrogen-bond acceptors (Lipinski definition) is 3. The highest BCUT2D eigenvalue weighted by molar-refractivity contribution is 5.87. The molecule has 0 amide bonds. The molecule has 0 aromatic heterocycles. The zero-order valence-corrected chi connectivity index (χ0v) is 11.0. The number of hydrogen-bond donors (Lipinski definition) is 0. The Morgan fingerprint density at radius 1 is 1.31 bits per heavy atom. The molecule has 1 aliphatic rings. The first kappa shape index (κ1) is 15.3. The lowest BCUT2D eigenvalue weighted by atomic mass is 10.3. The van der Waals surface area contributed by atoms with Crippen LogP contribution in [0, 0.1) is 5.92 Å². The average molecular weight is 227 g/mol.